The molecule has 3 rings (SSSR count). The van der Waals surface area contributed by atoms with Gasteiger partial charge < -0.3 is 10.2 Å². The molecule has 1 unspecified atom stereocenters. The quantitative estimate of drug-likeness (QED) is 0.842. The average molecular weight is 354 g/mol. The number of rotatable bonds is 3. The summed E-state index contributed by atoms with van der Waals surface area (Å²) in [5.41, 5.74) is 3.73. The first-order valence-corrected chi connectivity index (χ1v) is 9.17. The minimum Gasteiger partial charge on any atom is -0.324 e. The molecule has 5 heteroatoms. The molecule has 1 aliphatic heterocycles. The van der Waals surface area contributed by atoms with E-state index in [4.69, 9.17) is 0 Å². The Bertz CT molecular complexity index is 849. The number of nitrogens with one attached hydrogen (secondary N) is 1. The number of fused-ring (bicyclic) bond motifs is 1. The van der Waals surface area contributed by atoms with Crippen molar-refractivity contribution in [2.45, 2.75) is 37.3 Å². The number of anilines is 2. The number of carbonyl (C=O) groups is 2. The van der Waals surface area contributed by atoms with Gasteiger partial charge in [0.1, 0.15) is 0 Å². The fourth-order valence-corrected chi connectivity index (χ4v) is 4.26. The third kappa shape index (κ3) is 3.04. The van der Waals surface area contributed by atoms with Crippen LogP contribution in [-0.4, -0.2) is 23.1 Å². The zero-order valence-corrected chi connectivity index (χ0v) is 15.7. The van der Waals surface area contributed by atoms with E-state index in [0.29, 0.717) is 6.54 Å². The van der Waals surface area contributed by atoms with Crippen LogP contribution in [0.2, 0.25) is 0 Å². The number of para-hydroxylation sites is 1. The molecular formula is C20H22N2O2S. The maximum absolute atomic E-state index is 13.1. The molecule has 4 nitrogen and oxygen atoms in total. The molecule has 0 spiro atoms. The number of nitrogens with zero attached hydrogens (tertiary/aromatic N) is 1. The van der Waals surface area contributed by atoms with Crippen LogP contribution in [0.4, 0.5) is 11.4 Å². The highest BCUT2D eigenvalue weighted by molar-refractivity contribution is 8.02. The molecule has 25 heavy (non-hydrogen) atoms. The van der Waals surface area contributed by atoms with E-state index in [-0.39, 0.29) is 11.8 Å². The second-order valence-electron chi connectivity index (χ2n) is 6.42. The van der Waals surface area contributed by atoms with Crippen molar-refractivity contribution in [2.75, 3.05) is 16.8 Å². The molecule has 1 N–H and O–H groups in total. The van der Waals surface area contributed by atoms with E-state index in [1.165, 1.54) is 11.8 Å². The Morgan fingerprint density at radius 1 is 1.20 bits per heavy atom. The summed E-state index contributed by atoms with van der Waals surface area (Å²) in [6.07, 6.45) is 0. The van der Waals surface area contributed by atoms with Crippen molar-refractivity contribution in [1.82, 2.24) is 0 Å². The van der Waals surface area contributed by atoms with Crippen LogP contribution < -0.4 is 10.2 Å². The lowest BCUT2D eigenvalue weighted by Crippen LogP contribution is -2.54. The van der Waals surface area contributed by atoms with Gasteiger partial charge in [0, 0.05) is 17.1 Å². The summed E-state index contributed by atoms with van der Waals surface area (Å²) < 4.78 is -1.19. The first kappa shape index (κ1) is 17.5. The summed E-state index contributed by atoms with van der Waals surface area (Å²) in [4.78, 5) is 28.7. The molecule has 0 aliphatic carbocycles. The Hall–Kier alpha value is -2.27. The van der Waals surface area contributed by atoms with Crippen LogP contribution in [0, 0.1) is 13.8 Å². The molecule has 1 atom stereocenters. The van der Waals surface area contributed by atoms with Crippen molar-refractivity contribution in [3.05, 3.63) is 53.6 Å². The van der Waals surface area contributed by atoms with Gasteiger partial charge in [-0.05, 0) is 51.5 Å². The van der Waals surface area contributed by atoms with Gasteiger partial charge in [0.25, 0.3) is 5.91 Å². The predicted octanol–water partition coefficient (Wildman–Crippen LogP) is 4.16. The van der Waals surface area contributed by atoms with Gasteiger partial charge in [-0.1, -0.05) is 41.6 Å². The van der Waals surface area contributed by atoms with Gasteiger partial charge >= 0.3 is 0 Å². The van der Waals surface area contributed by atoms with Crippen molar-refractivity contribution in [2.24, 2.45) is 0 Å². The van der Waals surface area contributed by atoms with Gasteiger partial charge in [0.05, 0.1) is 5.69 Å². The molecule has 2 amide bonds. The number of hydrogen-bond donors (Lipinski definition) is 1. The molecular weight excluding hydrogens is 332 g/mol. The molecule has 0 bridgehead atoms. The standard InChI is InChI=1S/C20H22N2O2S/c1-5-22-16-8-6-7-9-17(16)25-20(4,19(22)24)18(23)21-15-11-10-13(2)12-14(15)3/h6-12H,5H2,1-4H3,(H,21,23). The minimum atomic E-state index is -1.19. The second kappa shape index (κ2) is 6.56. The minimum absolute atomic E-state index is 0.180. The van der Waals surface area contributed by atoms with Gasteiger partial charge in [-0.3, -0.25) is 9.59 Å². The van der Waals surface area contributed by atoms with Crippen molar-refractivity contribution in [3.8, 4) is 0 Å². The van der Waals surface area contributed by atoms with E-state index in [1.807, 2.05) is 63.2 Å². The van der Waals surface area contributed by atoms with E-state index >= 15 is 0 Å². The Morgan fingerprint density at radius 3 is 2.60 bits per heavy atom. The van der Waals surface area contributed by atoms with Crippen LogP contribution in [-0.2, 0) is 9.59 Å². The SMILES string of the molecule is CCN1C(=O)C(C)(C(=O)Nc2ccc(C)cc2C)Sc2ccccc21. The van der Waals surface area contributed by atoms with Crippen LogP contribution in [0.3, 0.4) is 0 Å². The maximum Gasteiger partial charge on any atom is 0.252 e. The van der Waals surface area contributed by atoms with Crippen molar-refractivity contribution >= 4 is 35.0 Å². The van der Waals surface area contributed by atoms with Crippen molar-refractivity contribution < 1.29 is 9.59 Å². The molecule has 130 valence electrons. The highest BCUT2D eigenvalue weighted by Crippen LogP contribution is 2.45. The van der Waals surface area contributed by atoms with Crippen LogP contribution >= 0.6 is 11.8 Å². The zero-order chi connectivity index (χ0) is 18.2. The molecule has 0 fully saturated rings. The number of aryl methyl sites for hydroxylation is 2. The van der Waals surface area contributed by atoms with Gasteiger partial charge in [0.2, 0.25) is 5.91 Å². The highest BCUT2D eigenvalue weighted by Gasteiger charge is 2.48. The molecule has 0 saturated carbocycles. The van der Waals surface area contributed by atoms with Crippen LogP contribution in [0.15, 0.2) is 47.4 Å². The number of carbonyl (C=O) groups excluding carboxylic acids is 2. The normalized spacial score (nSPS) is 19.5. The largest absolute Gasteiger partial charge is 0.324 e. The average Bonchev–Trinajstić information content (AvgIpc) is 2.58. The molecule has 2 aromatic carbocycles. The Morgan fingerprint density at radius 2 is 1.92 bits per heavy atom. The van der Waals surface area contributed by atoms with Gasteiger partial charge in [-0.15, -0.1) is 0 Å². The summed E-state index contributed by atoms with van der Waals surface area (Å²) in [5.74, 6) is -0.469. The first-order valence-electron chi connectivity index (χ1n) is 8.35. The van der Waals surface area contributed by atoms with E-state index < -0.39 is 4.75 Å². The topological polar surface area (TPSA) is 49.4 Å². The summed E-state index contributed by atoms with van der Waals surface area (Å²) in [7, 11) is 0. The fraction of sp³-hybridized carbons (Fsp3) is 0.300. The Kier molecular flexibility index (Phi) is 4.60. The maximum atomic E-state index is 13.1. The van der Waals surface area contributed by atoms with E-state index in [1.54, 1.807) is 11.8 Å². The number of thioether (sulfide) groups is 1. The lowest BCUT2D eigenvalue weighted by molar-refractivity contribution is -0.128. The smallest absolute Gasteiger partial charge is 0.252 e. The second-order valence-corrected chi connectivity index (χ2v) is 7.89. The monoisotopic (exact) mass is 354 g/mol. The summed E-state index contributed by atoms with van der Waals surface area (Å²) >= 11 is 1.32. The van der Waals surface area contributed by atoms with Crippen molar-refractivity contribution in [1.29, 1.82) is 0 Å². The fourth-order valence-electron chi connectivity index (χ4n) is 3.05. The van der Waals surface area contributed by atoms with Crippen LogP contribution in [0.25, 0.3) is 0 Å². The molecule has 0 radical (unpaired) electrons. The number of amides is 2. The van der Waals surface area contributed by atoms with Crippen LogP contribution in [0.1, 0.15) is 25.0 Å². The third-order valence-corrected chi connectivity index (χ3v) is 5.84. The molecule has 1 aliphatic rings. The molecule has 0 saturated heterocycles. The Labute approximate surface area is 152 Å². The van der Waals surface area contributed by atoms with Gasteiger partial charge in [0.15, 0.2) is 4.75 Å². The summed E-state index contributed by atoms with van der Waals surface area (Å²) in [6, 6.07) is 13.6. The van der Waals surface area contributed by atoms with E-state index in [2.05, 4.69) is 5.32 Å². The van der Waals surface area contributed by atoms with Gasteiger partial charge in [-0.2, -0.15) is 0 Å². The molecule has 0 aromatic heterocycles. The van der Waals surface area contributed by atoms with Crippen LogP contribution in [0.5, 0.6) is 0 Å². The molecule has 2 aromatic rings. The summed E-state index contributed by atoms with van der Waals surface area (Å²) in [6.45, 7) is 8.12. The third-order valence-electron chi connectivity index (χ3n) is 4.50. The first-order chi connectivity index (χ1) is 11.9. The van der Waals surface area contributed by atoms with Crippen molar-refractivity contribution in [3.63, 3.8) is 0 Å². The lowest BCUT2D eigenvalue weighted by atomic mass is 10.1. The number of benzene rings is 2. The van der Waals surface area contributed by atoms with Gasteiger partial charge in [-0.25, -0.2) is 0 Å². The molecule has 1 heterocycles. The highest BCUT2D eigenvalue weighted by atomic mass is 32.2. The van der Waals surface area contributed by atoms with E-state index in [0.717, 1.165) is 27.4 Å². The Balaban J connectivity index is 1.95. The predicted molar refractivity (Wildman–Crippen MR) is 103 cm³/mol. The van der Waals surface area contributed by atoms with E-state index in [9.17, 15) is 9.59 Å². The lowest BCUT2D eigenvalue weighted by Gasteiger charge is -2.38. The summed E-state index contributed by atoms with van der Waals surface area (Å²) in [5, 5.41) is 2.95. The zero-order valence-electron chi connectivity index (χ0n) is 14.9. The number of hydrogen-bond acceptors (Lipinski definition) is 3.